The molecule has 1 unspecified atom stereocenters. The molecule has 1 aromatic rings. The van der Waals surface area contributed by atoms with Gasteiger partial charge in [-0.15, -0.1) is 13.2 Å². The van der Waals surface area contributed by atoms with Crippen LogP contribution >= 0.6 is 12.2 Å². The molecule has 0 radical (unpaired) electrons. The molecule has 0 saturated carbocycles. The molecule has 2 N–H and O–H groups in total. The van der Waals surface area contributed by atoms with Gasteiger partial charge in [0, 0.05) is 13.1 Å². The summed E-state index contributed by atoms with van der Waals surface area (Å²) >= 11 is 5.23. The summed E-state index contributed by atoms with van der Waals surface area (Å²) < 4.78 is 0. The molecule has 1 atom stereocenters. The fourth-order valence-corrected chi connectivity index (χ4v) is 2.39. The molecular formula is C16H22N2S. The lowest BCUT2D eigenvalue weighted by Gasteiger charge is -2.29. The van der Waals surface area contributed by atoms with Crippen LogP contribution < -0.4 is 5.73 Å². The van der Waals surface area contributed by atoms with Gasteiger partial charge >= 0.3 is 0 Å². The van der Waals surface area contributed by atoms with Crippen LogP contribution in [0.15, 0.2) is 49.6 Å². The van der Waals surface area contributed by atoms with E-state index in [9.17, 15) is 0 Å². The Kier molecular flexibility index (Phi) is 6.46. The fraction of sp³-hybridized carbons (Fsp3) is 0.312. The van der Waals surface area contributed by atoms with E-state index in [1.165, 1.54) is 5.56 Å². The number of thiocarbonyl (C=S) groups is 1. The average Bonchev–Trinajstić information content (AvgIpc) is 2.40. The molecule has 19 heavy (non-hydrogen) atoms. The Morgan fingerprint density at radius 3 is 2.16 bits per heavy atom. The molecule has 0 aliphatic carbocycles. The predicted molar refractivity (Wildman–Crippen MR) is 87.3 cm³/mol. The maximum Gasteiger partial charge on any atom is 0.0948 e. The molecular weight excluding hydrogens is 252 g/mol. The van der Waals surface area contributed by atoms with Crippen LogP contribution in [0.5, 0.6) is 0 Å². The van der Waals surface area contributed by atoms with E-state index >= 15 is 0 Å². The first-order chi connectivity index (χ1) is 9.13. The largest absolute Gasteiger partial charge is 0.392 e. The first-order valence-electron chi connectivity index (χ1n) is 6.48. The van der Waals surface area contributed by atoms with Crippen molar-refractivity contribution in [3.8, 4) is 0 Å². The molecule has 0 aliphatic heterocycles. The van der Waals surface area contributed by atoms with Crippen molar-refractivity contribution in [1.82, 2.24) is 4.90 Å². The Morgan fingerprint density at radius 1 is 1.26 bits per heavy atom. The van der Waals surface area contributed by atoms with Crippen molar-refractivity contribution in [1.29, 1.82) is 0 Å². The Bertz CT molecular complexity index is 427. The third-order valence-electron chi connectivity index (χ3n) is 3.07. The average molecular weight is 274 g/mol. The molecule has 0 aromatic heterocycles. The molecule has 102 valence electrons. The minimum absolute atomic E-state index is 0.0723. The first-order valence-corrected chi connectivity index (χ1v) is 6.88. The van der Waals surface area contributed by atoms with Crippen LogP contribution in [-0.2, 0) is 6.42 Å². The van der Waals surface area contributed by atoms with E-state index in [1.54, 1.807) is 0 Å². The van der Waals surface area contributed by atoms with Gasteiger partial charge in [0.15, 0.2) is 0 Å². The zero-order chi connectivity index (χ0) is 14.3. The highest BCUT2D eigenvalue weighted by molar-refractivity contribution is 7.80. The topological polar surface area (TPSA) is 29.3 Å². The van der Waals surface area contributed by atoms with Gasteiger partial charge in [0.2, 0.25) is 0 Å². The lowest BCUT2D eigenvalue weighted by Crippen LogP contribution is -2.37. The fourth-order valence-electron chi connectivity index (χ4n) is 2.11. The molecule has 0 saturated heterocycles. The van der Waals surface area contributed by atoms with Crippen molar-refractivity contribution >= 4 is 17.2 Å². The summed E-state index contributed by atoms with van der Waals surface area (Å²) in [5.41, 5.74) is 8.35. The Balaban J connectivity index is 3.05. The van der Waals surface area contributed by atoms with E-state index in [2.05, 4.69) is 49.2 Å². The second-order valence-electron chi connectivity index (χ2n) is 4.43. The van der Waals surface area contributed by atoms with Crippen molar-refractivity contribution in [2.24, 2.45) is 5.73 Å². The molecule has 0 aliphatic rings. The quantitative estimate of drug-likeness (QED) is 0.583. The summed E-state index contributed by atoms with van der Waals surface area (Å²) in [7, 11) is 0. The number of nitrogens with zero attached hydrogens (tertiary/aromatic N) is 1. The molecule has 0 spiro atoms. The van der Waals surface area contributed by atoms with Crippen LogP contribution in [0.4, 0.5) is 0 Å². The molecule has 2 nitrogen and oxygen atoms in total. The lowest BCUT2D eigenvalue weighted by atomic mass is 10.0. The van der Waals surface area contributed by atoms with Crippen LogP contribution in [0, 0.1) is 0 Å². The number of rotatable bonds is 8. The zero-order valence-electron chi connectivity index (χ0n) is 11.5. The van der Waals surface area contributed by atoms with Gasteiger partial charge in [-0.2, -0.15) is 0 Å². The minimum Gasteiger partial charge on any atom is -0.392 e. The lowest BCUT2D eigenvalue weighted by molar-refractivity contribution is 0.301. The third-order valence-corrected chi connectivity index (χ3v) is 3.29. The van der Waals surface area contributed by atoms with Crippen LogP contribution in [0.3, 0.4) is 0 Å². The number of benzene rings is 1. The minimum atomic E-state index is -0.0723. The number of hydrogen-bond acceptors (Lipinski definition) is 2. The second kappa shape index (κ2) is 7.87. The van der Waals surface area contributed by atoms with E-state index in [1.807, 2.05) is 12.2 Å². The van der Waals surface area contributed by atoms with Crippen molar-refractivity contribution in [3.63, 3.8) is 0 Å². The van der Waals surface area contributed by atoms with E-state index in [0.717, 1.165) is 25.1 Å². The van der Waals surface area contributed by atoms with Gasteiger partial charge in [-0.3, -0.25) is 4.90 Å². The van der Waals surface area contributed by atoms with Crippen molar-refractivity contribution in [2.45, 2.75) is 19.4 Å². The van der Waals surface area contributed by atoms with Gasteiger partial charge < -0.3 is 5.73 Å². The zero-order valence-corrected chi connectivity index (χ0v) is 12.3. The maximum atomic E-state index is 5.92. The van der Waals surface area contributed by atoms with Gasteiger partial charge in [0.25, 0.3) is 0 Å². The van der Waals surface area contributed by atoms with Crippen LogP contribution in [0.1, 0.15) is 24.1 Å². The Morgan fingerprint density at radius 2 is 1.79 bits per heavy atom. The van der Waals surface area contributed by atoms with Gasteiger partial charge in [-0.05, 0) is 17.5 Å². The Labute approximate surface area is 121 Å². The predicted octanol–water partition coefficient (Wildman–Crippen LogP) is 3.25. The number of nitrogens with two attached hydrogens (primary N) is 1. The third kappa shape index (κ3) is 4.30. The van der Waals surface area contributed by atoms with Crippen LogP contribution in [0.25, 0.3) is 0 Å². The molecule has 0 bridgehead atoms. The highest BCUT2D eigenvalue weighted by atomic mass is 32.1. The van der Waals surface area contributed by atoms with E-state index in [0.29, 0.717) is 4.99 Å². The second-order valence-corrected chi connectivity index (χ2v) is 4.90. The van der Waals surface area contributed by atoms with Crippen LogP contribution in [-0.4, -0.2) is 23.0 Å². The van der Waals surface area contributed by atoms with Gasteiger partial charge in [0.1, 0.15) is 0 Å². The van der Waals surface area contributed by atoms with Crippen LogP contribution in [0.2, 0.25) is 0 Å². The highest BCUT2D eigenvalue weighted by Gasteiger charge is 2.21. The van der Waals surface area contributed by atoms with Gasteiger partial charge in [0.05, 0.1) is 11.0 Å². The molecule has 0 heterocycles. The summed E-state index contributed by atoms with van der Waals surface area (Å²) in [6.07, 6.45) is 4.74. The van der Waals surface area contributed by atoms with Crippen molar-refractivity contribution in [3.05, 3.63) is 60.7 Å². The van der Waals surface area contributed by atoms with E-state index < -0.39 is 0 Å². The van der Waals surface area contributed by atoms with Crippen molar-refractivity contribution < 1.29 is 0 Å². The molecule has 0 fully saturated rings. The molecule has 3 heteroatoms. The smallest absolute Gasteiger partial charge is 0.0948 e. The monoisotopic (exact) mass is 274 g/mol. The summed E-state index contributed by atoms with van der Waals surface area (Å²) in [6, 6.07) is 8.38. The first kappa shape index (κ1) is 15.6. The summed E-state index contributed by atoms with van der Waals surface area (Å²) in [5, 5.41) is 0. The number of aryl methyl sites for hydroxylation is 1. The van der Waals surface area contributed by atoms with E-state index in [-0.39, 0.29) is 6.04 Å². The van der Waals surface area contributed by atoms with Gasteiger partial charge in [-0.1, -0.05) is 55.6 Å². The molecule has 1 rings (SSSR count). The normalized spacial score (nSPS) is 12.1. The van der Waals surface area contributed by atoms with Gasteiger partial charge in [-0.25, -0.2) is 0 Å². The standard InChI is InChI=1S/C16H22N2S/c1-4-11-18(12-5-2)15(16(17)19)14-9-7-13(6-3)8-10-14/h4-5,7-10,15H,1-2,6,11-12H2,3H3,(H2,17,19). The summed E-state index contributed by atoms with van der Waals surface area (Å²) in [4.78, 5) is 2.64. The van der Waals surface area contributed by atoms with Crippen molar-refractivity contribution in [2.75, 3.05) is 13.1 Å². The molecule has 0 amide bonds. The Hall–Kier alpha value is -1.45. The number of hydrogen-bond donors (Lipinski definition) is 1. The highest BCUT2D eigenvalue weighted by Crippen LogP contribution is 2.22. The summed E-state index contributed by atoms with van der Waals surface area (Å²) in [6.45, 7) is 11.2. The van der Waals surface area contributed by atoms with E-state index in [4.69, 9.17) is 18.0 Å². The maximum absolute atomic E-state index is 5.92. The summed E-state index contributed by atoms with van der Waals surface area (Å²) in [5.74, 6) is 0. The molecule has 1 aromatic carbocycles. The SMILES string of the molecule is C=CCN(CC=C)C(C(N)=S)c1ccc(CC)cc1.